The average Bonchev–Trinajstić information content (AvgIpc) is 2.74. The number of ether oxygens (including phenoxy) is 1. The highest BCUT2D eigenvalue weighted by Gasteiger charge is 2.22. The summed E-state index contributed by atoms with van der Waals surface area (Å²) in [4.78, 5) is 0. The summed E-state index contributed by atoms with van der Waals surface area (Å²) in [6.45, 7) is 5.49. The second-order valence-electron chi connectivity index (χ2n) is 8.92. The summed E-state index contributed by atoms with van der Waals surface area (Å²) in [5.41, 5.74) is 2.96. The minimum atomic E-state index is 0.346. The minimum absolute atomic E-state index is 0.346. The summed E-state index contributed by atoms with van der Waals surface area (Å²) >= 11 is 0. The van der Waals surface area contributed by atoms with E-state index in [0.717, 1.165) is 18.4 Å². The molecule has 1 aromatic carbocycles. The topological polar surface area (TPSA) is 9.23 Å². The van der Waals surface area contributed by atoms with Gasteiger partial charge >= 0.3 is 0 Å². The van der Waals surface area contributed by atoms with E-state index in [1.165, 1.54) is 81.8 Å². The zero-order valence-electron chi connectivity index (χ0n) is 17.7. The molecule has 1 saturated heterocycles. The van der Waals surface area contributed by atoms with E-state index in [4.69, 9.17) is 4.74 Å². The molecule has 150 valence electrons. The van der Waals surface area contributed by atoms with Crippen LogP contribution in [0.5, 0.6) is 0 Å². The fraction of sp³-hybridized carbons (Fsp3) is 0.692. The van der Waals surface area contributed by atoms with Gasteiger partial charge in [0, 0.05) is 5.92 Å². The molecule has 1 heteroatoms. The molecular weight excluding hydrogens is 328 g/mol. The second kappa shape index (κ2) is 11.1. The highest BCUT2D eigenvalue weighted by molar-refractivity contribution is 5.26. The molecule has 2 fully saturated rings. The first-order valence-electron chi connectivity index (χ1n) is 11.7. The molecule has 0 spiro atoms. The van der Waals surface area contributed by atoms with E-state index in [1.807, 2.05) is 0 Å². The fourth-order valence-electron chi connectivity index (χ4n) is 4.79. The quantitative estimate of drug-likeness (QED) is 0.342. The number of benzene rings is 1. The van der Waals surface area contributed by atoms with Gasteiger partial charge in [0.1, 0.15) is 0 Å². The van der Waals surface area contributed by atoms with E-state index in [0.29, 0.717) is 12.0 Å². The lowest BCUT2D eigenvalue weighted by Gasteiger charge is -2.29. The van der Waals surface area contributed by atoms with E-state index >= 15 is 0 Å². The van der Waals surface area contributed by atoms with Crippen LogP contribution in [0.1, 0.15) is 95.1 Å². The second-order valence-corrected chi connectivity index (χ2v) is 8.92. The van der Waals surface area contributed by atoms with Gasteiger partial charge in [0.2, 0.25) is 0 Å². The smallest absolute Gasteiger partial charge is 0.0756 e. The third-order valence-electron chi connectivity index (χ3n) is 6.90. The summed E-state index contributed by atoms with van der Waals surface area (Å²) in [7, 11) is 0. The Hall–Kier alpha value is -1.08. The maximum absolute atomic E-state index is 6.20. The van der Waals surface area contributed by atoms with Crippen LogP contribution in [0.15, 0.2) is 36.4 Å². The number of hydrogen-bond donors (Lipinski definition) is 0. The van der Waals surface area contributed by atoms with Gasteiger partial charge in [0.05, 0.1) is 12.7 Å². The Morgan fingerprint density at radius 3 is 2.30 bits per heavy atom. The predicted molar refractivity (Wildman–Crippen MR) is 116 cm³/mol. The van der Waals surface area contributed by atoms with E-state index in [9.17, 15) is 0 Å². The Morgan fingerprint density at radius 1 is 0.889 bits per heavy atom. The molecule has 2 aliphatic rings. The third-order valence-corrected chi connectivity index (χ3v) is 6.90. The minimum Gasteiger partial charge on any atom is -0.374 e. The molecule has 1 aliphatic heterocycles. The maximum Gasteiger partial charge on any atom is 0.0756 e. The van der Waals surface area contributed by atoms with Crippen molar-refractivity contribution in [3.63, 3.8) is 0 Å². The predicted octanol–water partition coefficient (Wildman–Crippen LogP) is 7.45. The lowest BCUT2D eigenvalue weighted by atomic mass is 9.80. The van der Waals surface area contributed by atoms with Crippen LogP contribution in [0.3, 0.4) is 0 Å². The zero-order chi connectivity index (χ0) is 18.9. The highest BCUT2D eigenvalue weighted by Crippen LogP contribution is 2.33. The van der Waals surface area contributed by atoms with Gasteiger partial charge in [-0.15, -0.1) is 0 Å². The molecule has 2 atom stereocenters. The van der Waals surface area contributed by atoms with Crippen LogP contribution in [-0.4, -0.2) is 12.7 Å². The molecule has 1 saturated carbocycles. The number of allylic oxidation sites excluding steroid dienone is 1. The van der Waals surface area contributed by atoms with E-state index in [2.05, 4.69) is 50.3 Å². The molecule has 0 aromatic heterocycles. The van der Waals surface area contributed by atoms with Gasteiger partial charge in [0.25, 0.3) is 0 Å². The molecule has 0 amide bonds. The van der Waals surface area contributed by atoms with Crippen molar-refractivity contribution in [2.75, 3.05) is 6.61 Å². The molecule has 1 aliphatic carbocycles. The van der Waals surface area contributed by atoms with E-state index in [1.54, 1.807) is 0 Å². The molecule has 2 unspecified atom stereocenters. The lowest BCUT2D eigenvalue weighted by Crippen LogP contribution is -2.23. The third kappa shape index (κ3) is 6.49. The van der Waals surface area contributed by atoms with Crippen molar-refractivity contribution in [2.45, 2.75) is 96.5 Å². The van der Waals surface area contributed by atoms with Crippen molar-refractivity contribution in [1.29, 1.82) is 0 Å². The molecule has 1 aromatic rings. The Kier molecular flexibility index (Phi) is 8.45. The van der Waals surface area contributed by atoms with Crippen LogP contribution < -0.4 is 0 Å². The monoisotopic (exact) mass is 368 g/mol. The van der Waals surface area contributed by atoms with Crippen LogP contribution in [0, 0.1) is 11.8 Å². The SMILES string of the molecule is CCCCCc1ccc(C2CCC(/C=C/C3CCC(CC)CC3)OC2)cc1. The van der Waals surface area contributed by atoms with Crippen LogP contribution in [0.25, 0.3) is 0 Å². The first-order valence-corrected chi connectivity index (χ1v) is 11.7. The standard InChI is InChI=1S/C26H40O/c1-3-5-6-7-22-12-15-24(16-13-22)25-17-19-26(27-20-25)18-14-23-10-8-21(4-2)9-11-23/h12-16,18,21,23,25-26H,3-11,17,19-20H2,1-2H3/b18-14+. The van der Waals surface area contributed by atoms with Gasteiger partial charge in [-0.05, 0) is 74.3 Å². The number of unbranched alkanes of at least 4 members (excludes halogenated alkanes) is 2. The van der Waals surface area contributed by atoms with Gasteiger partial charge < -0.3 is 4.74 Å². The number of hydrogen-bond acceptors (Lipinski definition) is 1. The van der Waals surface area contributed by atoms with Crippen molar-refractivity contribution >= 4 is 0 Å². The molecule has 0 radical (unpaired) electrons. The van der Waals surface area contributed by atoms with Crippen molar-refractivity contribution in [1.82, 2.24) is 0 Å². The van der Waals surface area contributed by atoms with Crippen LogP contribution in [0.4, 0.5) is 0 Å². The fourth-order valence-corrected chi connectivity index (χ4v) is 4.79. The first-order chi connectivity index (χ1) is 13.3. The van der Waals surface area contributed by atoms with Gasteiger partial charge in [-0.1, -0.05) is 69.5 Å². The maximum atomic E-state index is 6.20. The summed E-state index contributed by atoms with van der Waals surface area (Å²) in [6.07, 6.45) is 19.8. The van der Waals surface area contributed by atoms with Crippen LogP contribution in [-0.2, 0) is 11.2 Å². The molecule has 3 rings (SSSR count). The van der Waals surface area contributed by atoms with Crippen molar-refractivity contribution in [3.05, 3.63) is 47.5 Å². The van der Waals surface area contributed by atoms with Crippen molar-refractivity contribution in [3.8, 4) is 0 Å². The zero-order valence-corrected chi connectivity index (χ0v) is 17.7. The Morgan fingerprint density at radius 2 is 1.67 bits per heavy atom. The van der Waals surface area contributed by atoms with Crippen molar-refractivity contribution in [2.24, 2.45) is 11.8 Å². The molecule has 0 N–H and O–H groups in total. The number of aryl methyl sites for hydroxylation is 1. The average molecular weight is 369 g/mol. The summed E-state index contributed by atoms with van der Waals surface area (Å²) < 4.78 is 6.20. The summed E-state index contributed by atoms with van der Waals surface area (Å²) in [6, 6.07) is 9.36. The largest absolute Gasteiger partial charge is 0.374 e. The summed E-state index contributed by atoms with van der Waals surface area (Å²) in [5, 5.41) is 0. The highest BCUT2D eigenvalue weighted by atomic mass is 16.5. The Bertz CT molecular complexity index is 542. The van der Waals surface area contributed by atoms with E-state index < -0.39 is 0 Å². The van der Waals surface area contributed by atoms with Gasteiger partial charge in [-0.3, -0.25) is 0 Å². The molecule has 1 nitrogen and oxygen atoms in total. The van der Waals surface area contributed by atoms with Crippen molar-refractivity contribution < 1.29 is 4.74 Å². The summed E-state index contributed by atoms with van der Waals surface area (Å²) in [5.74, 6) is 2.37. The molecule has 0 bridgehead atoms. The number of rotatable bonds is 8. The normalized spacial score (nSPS) is 29.3. The molecular formula is C26H40O. The Labute approximate surface area is 167 Å². The lowest BCUT2D eigenvalue weighted by molar-refractivity contribution is 0.0323. The van der Waals surface area contributed by atoms with E-state index in [-0.39, 0.29) is 0 Å². The Balaban J connectivity index is 1.40. The molecule has 27 heavy (non-hydrogen) atoms. The van der Waals surface area contributed by atoms with Gasteiger partial charge in [-0.2, -0.15) is 0 Å². The van der Waals surface area contributed by atoms with Gasteiger partial charge in [-0.25, -0.2) is 0 Å². The van der Waals surface area contributed by atoms with Crippen LogP contribution in [0.2, 0.25) is 0 Å². The molecule has 1 heterocycles. The first kappa shape index (κ1) is 20.6. The van der Waals surface area contributed by atoms with Gasteiger partial charge in [0.15, 0.2) is 0 Å². The van der Waals surface area contributed by atoms with Crippen LogP contribution >= 0.6 is 0 Å².